The van der Waals surface area contributed by atoms with Crippen LogP contribution < -0.4 is 5.32 Å². The average molecular weight is 343 g/mol. The Morgan fingerprint density at radius 3 is 2.31 bits per heavy atom. The van der Waals surface area contributed by atoms with Gasteiger partial charge in [0.2, 0.25) is 0 Å². The van der Waals surface area contributed by atoms with Gasteiger partial charge in [-0.3, -0.25) is 0 Å². The third-order valence-corrected chi connectivity index (χ3v) is 4.32. The molecule has 3 heteroatoms. The molecule has 84 valence electrons. The van der Waals surface area contributed by atoms with Crippen LogP contribution in [0.15, 0.2) is 36.4 Å². The molecule has 1 aromatic carbocycles. The molecule has 1 atom stereocenters. The predicted molar refractivity (Wildman–Crippen MR) is 79.1 cm³/mol. The molecule has 0 saturated heterocycles. The number of halogens is 1. The summed E-state index contributed by atoms with van der Waals surface area (Å²) < 4.78 is 1.28. The Bertz CT molecular complexity index is 461. The highest BCUT2D eigenvalue weighted by Crippen LogP contribution is 2.28. The Hall–Kier alpha value is -0.390. The molecule has 0 fully saturated rings. The maximum atomic E-state index is 3.38. The van der Waals surface area contributed by atoms with E-state index in [1.165, 1.54) is 18.9 Å². The lowest BCUT2D eigenvalue weighted by Crippen LogP contribution is -2.16. The second-order valence-corrected chi connectivity index (χ2v) is 6.29. The first-order valence-corrected chi connectivity index (χ1v) is 7.09. The number of aryl methyl sites for hydroxylation is 1. The molecular weight excluding hydrogens is 329 g/mol. The fourth-order valence-corrected chi connectivity index (χ4v) is 3.11. The minimum absolute atomic E-state index is 0.315. The SMILES string of the molecule is CNC(c1ccc(I)cc1)c1ccc(C)s1. The predicted octanol–water partition coefficient (Wildman–Crippen LogP) is 3.97. The summed E-state index contributed by atoms with van der Waals surface area (Å²) in [4.78, 5) is 2.74. The third kappa shape index (κ3) is 2.64. The topological polar surface area (TPSA) is 12.0 Å². The number of nitrogens with one attached hydrogen (secondary N) is 1. The molecule has 1 aromatic heterocycles. The van der Waals surface area contributed by atoms with E-state index in [1.807, 2.05) is 18.4 Å². The van der Waals surface area contributed by atoms with Crippen LogP contribution in [0.2, 0.25) is 0 Å². The molecule has 0 aliphatic heterocycles. The molecule has 2 rings (SSSR count). The van der Waals surface area contributed by atoms with Gasteiger partial charge in [-0.05, 0) is 66.4 Å². The van der Waals surface area contributed by atoms with Crippen LogP contribution in [0.1, 0.15) is 21.4 Å². The van der Waals surface area contributed by atoms with Crippen molar-refractivity contribution in [2.45, 2.75) is 13.0 Å². The second-order valence-electron chi connectivity index (χ2n) is 3.72. The molecule has 0 bridgehead atoms. The van der Waals surface area contributed by atoms with Crippen molar-refractivity contribution < 1.29 is 0 Å². The standard InChI is InChI=1S/C13H14INS/c1-9-3-8-12(16-9)13(15-2)10-4-6-11(14)7-5-10/h3-8,13,15H,1-2H3. The summed E-state index contributed by atoms with van der Waals surface area (Å²) in [5, 5.41) is 3.38. The maximum Gasteiger partial charge on any atom is 0.0668 e. The first kappa shape index (κ1) is 12.1. The van der Waals surface area contributed by atoms with Crippen molar-refractivity contribution >= 4 is 33.9 Å². The van der Waals surface area contributed by atoms with Crippen LogP contribution in [0.3, 0.4) is 0 Å². The summed E-state index contributed by atoms with van der Waals surface area (Å²) in [5.41, 5.74) is 1.32. The Morgan fingerprint density at radius 1 is 1.12 bits per heavy atom. The van der Waals surface area contributed by atoms with Gasteiger partial charge < -0.3 is 5.32 Å². The van der Waals surface area contributed by atoms with E-state index < -0.39 is 0 Å². The summed E-state index contributed by atoms with van der Waals surface area (Å²) in [6, 6.07) is 13.4. The van der Waals surface area contributed by atoms with Crippen LogP contribution in [0, 0.1) is 10.5 Å². The molecule has 0 amide bonds. The molecule has 0 aliphatic carbocycles. The first-order valence-electron chi connectivity index (χ1n) is 5.20. The summed E-state index contributed by atoms with van der Waals surface area (Å²) in [6.07, 6.45) is 0. The lowest BCUT2D eigenvalue weighted by molar-refractivity contribution is 0.704. The number of thiophene rings is 1. The molecule has 0 aliphatic rings. The quantitative estimate of drug-likeness (QED) is 0.832. The van der Waals surface area contributed by atoms with Crippen molar-refractivity contribution in [3.8, 4) is 0 Å². The van der Waals surface area contributed by atoms with Gasteiger partial charge in [-0.1, -0.05) is 12.1 Å². The van der Waals surface area contributed by atoms with Crippen LogP contribution in [0.5, 0.6) is 0 Å². The van der Waals surface area contributed by atoms with Crippen molar-refractivity contribution in [2.75, 3.05) is 7.05 Å². The van der Waals surface area contributed by atoms with E-state index in [4.69, 9.17) is 0 Å². The molecule has 1 unspecified atom stereocenters. The lowest BCUT2D eigenvalue weighted by Gasteiger charge is -2.15. The van der Waals surface area contributed by atoms with Gasteiger partial charge in [-0.15, -0.1) is 11.3 Å². The summed E-state index contributed by atoms with van der Waals surface area (Å²) >= 11 is 4.19. The number of hydrogen-bond donors (Lipinski definition) is 1. The highest BCUT2D eigenvalue weighted by molar-refractivity contribution is 14.1. The Balaban J connectivity index is 2.32. The lowest BCUT2D eigenvalue weighted by atomic mass is 10.1. The van der Waals surface area contributed by atoms with E-state index in [1.54, 1.807) is 0 Å². The Morgan fingerprint density at radius 2 is 1.81 bits per heavy atom. The average Bonchev–Trinajstić information content (AvgIpc) is 2.69. The van der Waals surface area contributed by atoms with E-state index in [9.17, 15) is 0 Å². The molecule has 1 heterocycles. The zero-order chi connectivity index (χ0) is 11.5. The van der Waals surface area contributed by atoms with Crippen molar-refractivity contribution in [1.82, 2.24) is 5.32 Å². The van der Waals surface area contributed by atoms with Gasteiger partial charge in [0.05, 0.1) is 6.04 Å². The van der Waals surface area contributed by atoms with Crippen molar-refractivity contribution in [3.63, 3.8) is 0 Å². The molecule has 2 aromatic rings. The highest BCUT2D eigenvalue weighted by atomic mass is 127. The van der Waals surface area contributed by atoms with Crippen LogP contribution in [0.4, 0.5) is 0 Å². The van der Waals surface area contributed by atoms with Crippen LogP contribution >= 0.6 is 33.9 Å². The highest BCUT2D eigenvalue weighted by Gasteiger charge is 2.13. The van der Waals surface area contributed by atoms with E-state index >= 15 is 0 Å². The van der Waals surface area contributed by atoms with Crippen molar-refractivity contribution in [1.29, 1.82) is 0 Å². The Kier molecular flexibility index (Phi) is 4.00. The van der Waals surface area contributed by atoms with E-state index in [-0.39, 0.29) is 0 Å². The number of hydrogen-bond acceptors (Lipinski definition) is 2. The first-order chi connectivity index (χ1) is 7.70. The fourth-order valence-electron chi connectivity index (χ4n) is 1.74. The summed E-state index contributed by atoms with van der Waals surface area (Å²) in [6.45, 7) is 2.15. The molecule has 1 N–H and O–H groups in total. The van der Waals surface area contributed by atoms with Gasteiger partial charge in [0.15, 0.2) is 0 Å². The smallest absolute Gasteiger partial charge is 0.0668 e. The van der Waals surface area contributed by atoms with Gasteiger partial charge in [0, 0.05) is 13.3 Å². The fraction of sp³-hybridized carbons (Fsp3) is 0.231. The van der Waals surface area contributed by atoms with E-state index in [2.05, 4.69) is 71.2 Å². The third-order valence-electron chi connectivity index (χ3n) is 2.54. The van der Waals surface area contributed by atoms with Crippen LogP contribution in [0.25, 0.3) is 0 Å². The van der Waals surface area contributed by atoms with Gasteiger partial charge >= 0.3 is 0 Å². The minimum Gasteiger partial charge on any atom is -0.309 e. The number of benzene rings is 1. The molecule has 1 nitrogen and oxygen atoms in total. The second kappa shape index (κ2) is 5.29. The molecule has 0 spiro atoms. The normalized spacial score (nSPS) is 12.7. The van der Waals surface area contributed by atoms with E-state index in [0.29, 0.717) is 6.04 Å². The Labute approximate surface area is 114 Å². The zero-order valence-corrected chi connectivity index (χ0v) is 12.3. The zero-order valence-electron chi connectivity index (χ0n) is 9.33. The maximum absolute atomic E-state index is 3.38. The van der Waals surface area contributed by atoms with Gasteiger partial charge in [-0.2, -0.15) is 0 Å². The van der Waals surface area contributed by atoms with Gasteiger partial charge in [0.25, 0.3) is 0 Å². The largest absolute Gasteiger partial charge is 0.309 e. The van der Waals surface area contributed by atoms with E-state index in [0.717, 1.165) is 0 Å². The molecular formula is C13H14INS. The molecule has 0 radical (unpaired) electrons. The van der Waals surface area contributed by atoms with Crippen LogP contribution in [-0.2, 0) is 0 Å². The molecule has 16 heavy (non-hydrogen) atoms. The van der Waals surface area contributed by atoms with Crippen molar-refractivity contribution in [3.05, 3.63) is 55.3 Å². The van der Waals surface area contributed by atoms with Gasteiger partial charge in [-0.25, -0.2) is 0 Å². The summed E-state index contributed by atoms with van der Waals surface area (Å²) in [7, 11) is 2.01. The monoisotopic (exact) mass is 343 g/mol. The van der Waals surface area contributed by atoms with Gasteiger partial charge in [0.1, 0.15) is 0 Å². The summed E-state index contributed by atoms with van der Waals surface area (Å²) in [5.74, 6) is 0. The minimum atomic E-state index is 0.315. The van der Waals surface area contributed by atoms with Crippen LogP contribution in [-0.4, -0.2) is 7.05 Å². The van der Waals surface area contributed by atoms with Crippen molar-refractivity contribution in [2.24, 2.45) is 0 Å². The number of rotatable bonds is 3. The molecule has 0 saturated carbocycles.